The zero-order valence-electron chi connectivity index (χ0n) is 11.2. The highest BCUT2D eigenvalue weighted by Crippen LogP contribution is 2.48. The molecule has 104 valence electrons. The number of ether oxygens (including phenoxy) is 1. The molecule has 1 aromatic rings. The second kappa shape index (κ2) is 4.74. The van der Waals surface area contributed by atoms with Crippen LogP contribution in [0.5, 0.6) is 0 Å². The molecule has 0 aliphatic heterocycles. The molecule has 1 spiro atoms. The minimum atomic E-state index is -0.609. The Morgan fingerprint density at radius 3 is 2.95 bits per heavy atom. The van der Waals surface area contributed by atoms with Gasteiger partial charge in [0.1, 0.15) is 11.7 Å². The van der Waals surface area contributed by atoms with Crippen LogP contribution < -0.4 is 0 Å². The van der Waals surface area contributed by atoms with Crippen LogP contribution in [0.4, 0.5) is 0 Å². The maximum atomic E-state index is 12.3. The molecule has 0 radical (unpaired) electrons. The summed E-state index contributed by atoms with van der Waals surface area (Å²) in [5.41, 5.74) is 1.81. The van der Waals surface area contributed by atoms with Gasteiger partial charge in [0.2, 0.25) is 0 Å². The Balaban J connectivity index is 1.93. The van der Waals surface area contributed by atoms with Crippen molar-refractivity contribution in [2.45, 2.75) is 24.7 Å². The second-order valence-corrected chi connectivity index (χ2v) is 5.86. The van der Waals surface area contributed by atoms with Gasteiger partial charge in [-0.25, -0.2) is 0 Å². The Morgan fingerprint density at radius 2 is 2.25 bits per heavy atom. The predicted octanol–water partition coefficient (Wildman–Crippen LogP) is 3.15. The van der Waals surface area contributed by atoms with Crippen LogP contribution in [0.1, 0.15) is 30.4 Å². The first kappa shape index (κ1) is 13.4. The zero-order valence-corrected chi connectivity index (χ0v) is 11.9. The third-order valence-corrected chi connectivity index (χ3v) is 4.73. The van der Waals surface area contributed by atoms with Crippen molar-refractivity contribution in [1.29, 1.82) is 0 Å². The fourth-order valence-electron chi connectivity index (χ4n) is 3.32. The van der Waals surface area contributed by atoms with Crippen molar-refractivity contribution < 1.29 is 14.3 Å². The van der Waals surface area contributed by atoms with Crippen molar-refractivity contribution in [1.82, 2.24) is 0 Å². The Hall–Kier alpha value is -1.61. The molecule has 1 fully saturated rings. The van der Waals surface area contributed by atoms with Crippen molar-refractivity contribution >= 4 is 29.4 Å². The molecule has 0 bridgehead atoms. The lowest BCUT2D eigenvalue weighted by Crippen LogP contribution is -2.39. The fraction of sp³-hybridized carbons (Fsp3) is 0.375. The number of methoxy groups -OCH3 is 1. The van der Waals surface area contributed by atoms with Gasteiger partial charge in [0.25, 0.3) is 0 Å². The van der Waals surface area contributed by atoms with E-state index in [1.165, 1.54) is 7.11 Å². The summed E-state index contributed by atoms with van der Waals surface area (Å²) in [7, 11) is 1.32. The van der Waals surface area contributed by atoms with Gasteiger partial charge in [-0.2, -0.15) is 0 Å². The molecule has 2 aliphatic carbocycles. The standard InChI is InChI=1S/C16H15ClO3/c1-20-15(19)11-6-8-16(9-14(11)18)7-5-10-12(16)3-2-4-13(10)17/h2-5,7,11H,6,8-9H2,1H3. The molecule has 0 N–H and O–H groups in total. The summed E-state index contributed by atoms with van der Waals surface area (Å²) < 4.78 is 4.70. The second-order valence-electron chi connectivity index (χ2n) is 5.45. The average Bonchev–Trinajstić information content (AvgIpc) is 2.79. The number of carbonyl (C=O) groups is 2. The number of esters is 1. The van der Waals surface area contributed by atoms with E-state index in [1.807, 2.05) is 24.3 Å². The van der Waals surface area contributed by atoms with Crippen LogP contribution in [-0.4, -0.2) is 18.9 Å². The molecule has 1 aromatic carbocycles. The molecular weight excluding hydrogens is 276 g/mol. The predicted molar refractivity (Wildman–Crippen MR) is 76.5 cm³/mol. The SMILES string of the molecule is COC(=O)C1CCC2(C=Cc3c(Cl)cccc32)CC1=O. The van der Waals surface area contributed by atoms with Gasteiger partial charge in [-0.1, -0.05) is 35.9 Å². The van der Waals surface area contributed by atoms with Crippen molar-refractivity contribution in [3.63, 3.8) is 0 Å². The van der Waals surface area contributed by atoms with Crippen molar-refractivity contribution in [2.75, 3.05) is 7.11 Å². The molecule has 0 saturated heterocycles. The van der Waals surface area contributed by atoms with E-state index in [0.29, 0.717) is 17.9 Å². The van der Waals surface area contributed by atoms with Gasteiger partial charge in [0, 0.05) is 16.9 Å². The summed E-state index contributed by atoms with van der Waals surface area (Å²) in [5, 5.41) is 0.707. The van der Waals surface area contributed by atoms with E-state index in [4.69, 9.17) is 16.3 Å². The smallest absolute Gasteiger partial charge is 0.316 e. The third kappa shape index (κ3) is 1.88. The lowest BCUT2D eigenvalue weighted by Gasteiger charge is -2.35. The van der Waals surface area contributed by atoms with E-state index in [1.54, 1.807) is 0 Å². The topological polar surface area (TPSA) is 43.4 Å². The lowest BCUT2D eigenvalue weighted by molar-refractivity contribution is -0.151. The Bertz CT molecular complexity index is 620. The van der Waals surface area contributed by atoms with Crippen molar-refractivity contribution in [3.05, 3.63) is 40.4 Å². The number of carbonyl (C=O) groups excluding carboxylic acids is 2. The van der Waals surface area contributed by atoms with Gasteiger partial charge in [-0.15, -0.1) is 0 Å². The van der Waals surface area contributed by atoms with Crippen LogP contribution >= 0.6 is 11.6 Å². The van der Waals surface area contributed by atoms with Crippen LogP contribution in [0.15, 0.2) is 24.3 Å². The number of halogens is 1. The average molecular weight is 291 g/mol. The molecule has 20 heavy (non-hydrogen) atoms. The molecule has 2 unspecified atom stereocenters. The minimum absolute atomic E-state index is 0.0411. The van der Waals surface area contributed by atoms with Crippen LogP contribution in [-0.2, 0) is 19.7 Å². The number of fused-ring (bicyclic) bond motifs is 2. The van der Waals surface area contributed by atoms with Gasteiger partial charge in [0.05, 0.1) is 7.11 Å². The van der Waals surface area contributed by atoms with Gasteiger partial charge >= 0.3 is 5.97 Å². The molecular formula is C16H15ClO3. The highest BCUT2D eigenvalue weighted by Gasteiger charge is 2.45. The Morgan fingerprint density at radius 1 is 1.45 bits per heavy atom. The molecule has 2 atom stereocenters. The van der Waals surface area contributed by atoms with Crippen LogP contribution in [0.25, 0.3) is 6.08 Å². The van der Waals surface area contributed by atoms with E-state index in [-0.39, 0.29) is 11.2 Å². The maximum Gasteiger partial charge on any atom is 0.316 e. The maximum absolute atomic E-state index is 12.3. The first-order chi connectivity index (χ1) is 9.57. The summed E-state index contributed by atoms with van der Waals surface area (Å²) in [6.45, 7) is 0. The number of rotatable bonds is 1. The molecule has 3 nitrogen and oxygen atoms in total. The number of hydrogen-bond donors (Lipinski definition) is 0. The summed E-state index contributed by atoms with van der Waals surface area (Å²) in [6.07, 6.45) is 5.69. The molecule has 0 amide bonds. The lowest BCUT2D eigenvalue weighted by atomic mass is 9.67. The molecule has 1 saturated carbocycles. The molecule has 4 heteroatoms. The normalized spacial score (nSPS) is 27.7. The highest BCUT2D eigenvalue weighted by molar-refractivity contribution is 6.32. The van der Waals surface area contributed by atoms with Gasteiger partial charge in [-0.3, -0.25) is 9.59 Å². The number of allylic oxidation sites excluding steroid dienone is 1. The Labute approximate surface area is 122 Å². The number of ketones is 1. The first-order valence-corrected chi connectivity index (χ1v) is 7.04. The van der Waals surface area contributed by atoms with Crippen LogP contribution in [0, 0.1) is 5.92 Å². The van der Waals surface area contributed by atoms with Gasteiger partial charge in [-0.05, 0) is 30.0 Å². The highest BCUT2D eigenvalue weighted by atomic mass is 35.5. The quantitative estimate of drug-likeness (QED) is 0.589. The molecule has 3 rings (SSSR count). The van der Waals surface area contributed by atoms with E-state index >= 15 is 0 Å². The summed E-state index contributed by atoms with van der Waals surface area (Å²) in [4.78, 5) is 23.9. The monoisotopic (exact) mass is 290 g/mol. The number of hydrogen-bond acceptors (Lipinski definition) is 3. The van der Waals surface area contributed by atoms with Crippen molar-refractivity contribution in [2.24, 2.45) is 5.92 Å². The van der Waals surface area contributed by atoms with Gasteiger partial charge < -0.3 is 4.74 Å². The summed E-state index contributed by atoms with van der Waals surface area (Å²) in [5.74, 6) is -1.07. The number of benzene rings is 1. The summed E-state index contributed by atoms with van der Waals surface area (Å²) >= 11 is 6.20. The zero-order chi connectivity index (χ0) is 14.3. The third-order valence-electron chi connectivity index (χ3n) is 4.40. The molecule has 2 aliphatic rings. The van der Waals surface area contributed by atoms with Gasteiger partial charge in [0.15, 0.2) is 0 Å². The minimum Gasteiger partial charge on any atom is -0.468 e. The van der Waals surface area contributed by atoms with E-state index in [9.17, 15) is 9.59 Å². The van der Waals surface area contributed by atoms with E-state index in [0.717, 1.165) is 17.5 Å². The van der Waals surface area contributed by atoms with Crippen LogP contribution in [0.3, 0.4) is 0 Å². The summed E-state index contributed by atoms with van der Waals surface area (Å²) in [6, 6.07) is 5.78. The molecule has 0 aromatic heterocycles. The van der Waals surface area contributed by atoms with E-state index in [2.05, 4.69) is 6.08 Å². The first-order valence-electron chi connectivity index (χ1n) is 6.66. The Kier molecular flexibility index (Phi) is 3.17. The largest absolute Gasteiger partial charge is 0.468 e. The fourth-order valence-corrected chi connectivity index (χ4v) is 3.56. The molecule has 0 heterocycles. The van der Waals surface area contributed by atoms with Crippen molar-refractivity contribution in [3.8, 4) is 0 Å². The number of Topliss-reactive ketones (excluding diaryl/α,β-unsaturated/α-hetero) is 1. The van der Waals surface area contributed by atoms with Crippen LogP contribution in [0.2, 0.25) is 5.02 Å². The van der Waals surface area contributed by atoms with E-state index < -0.39 is 11.9 Å².